The van der Waals surface area contributed by atoms with E-state index in [4.69, 9.17) is 0 Å². The van der Waals surface area contributed by atoms with Gasteiger partial charge in [-0.2, -0.15) is 0 Å². The molecule has 0 unspecified atom stereocenters. The molecule has 2 nitrogen and oxygen atoms in total. The van der Waals surface area contributed by atoms with Gasteiger partial charge in [-0.25, -0.2) is 0 Å². The second-order valence-corrected chi connectivity index (χ2v) is 12.5. The van der Waals surface area contributed by atoms with E-state index in [0.29, 0.717) is 0 Å². The first-order chi connectivity index (χ1) is 23.8. The summed E-state index contributed by atoms with van der Waals surface area (Å²) in [6.45, 7) is 0. The van der Waals surface area contributed by atoms with Crippen LogP contribution in [0.5, 0.6) is 0 Å². The van der Waals surface area contributed by atoms with Gasteiger partial charge in [-0.3, -0.25) is 0 Å². The fourth-order valence-electron chi connectivity index (χ4n) is 7.82. The Morgan fingerprint density at radius 2 is 0.792 bits per heavy atom. The van der Waals surface area contributed by atoms with Crippen molar-refractivity contribution in [2.24, 2.45) is 0 Å². The lowest BCUT2D eigenvalue weighted by Crippen LogP contribution is -2.10. The highest BCUT2D eigenvalue weighted by Gasteiger charge is 2.19. The molecular formula is C46H30N2. The average molecular weight is 611 g/mol. The van der Waals surface area contributed by atoms with Crippen LogP contribution >= 0.6 is 0 Å². The molecule has 224 valence electrons. The number of nitrogens with zero attached hydrogens (tertiary/aromatic N) is 2. The summed E-state index contributed by atoms with van der Waals surface area (Å²) in [5.41, 5.74) is 6.93. The van der Waals surface area contributed by atoms with Crippen molar-refractivity contribution in [3.8, 4) is 5.69 Å². The van der Waals surface area contributed by atoms with Crippen molar-refractivity contribution >= 4 is 82.0 Å². The molecule has 0 aliphatic carbocycles. The summed E-state index contributed by atoms with van der Waals surface area (Å²) in [4.78, 5) is 2.40. The molecule has 0 amide bonds. The summed E-state index contributed by atoms with van der Waals surface area (Å²) in [5.74, 6) is 0. The van der Waals surface area contributed by atoms with E-state index in [1.165, 1.54) is 70.6 Å². The molecule has 48 heavy (non-hydrogen) atoms. The van der Waals surface area contributed by atoms with Gasteiger partial charge in [-0.05, 0) is 86.2 Å². The molecule has 0 saturated heterocycles. The average Bonchev–Trinajstić information content (AvgIpc) is 3.49. The van der Waals surface area contributed by atoms with Gasteiger partial charge in [0, 0.05) is 33.2 Å². The first-order valence-corrected chi connectivity index (χ1v) is 16.5. The number of anilines is 3. The minimum atomic E-state index is 1.11. The Kier molecular flexibility index (Phi) is 5.91. The molecule has 0 fully saturated rings. The molecule has 0 N–H and O–H groups in total. The van der Waals surface area contributed by atoms with Crippen molar-refractivity contribution in [3.63, 3.8) is 0 Å². The van der Waals surface area contributed by atoms with E-state index in [1.807, 2.05) is 0 Å². The highest BCUT2D eigenvalue weighted by molar-refractivity contribution is 6.26. The minimum Gasteiger partial charge on any atom is -0.310 e. The van der Waals surface area contributed by atoms with Gasteiger partial charge in [0.2, 0.25) is 0 Å². The molecule has 2 heteroatoms. The number of hydrogen-bond donors (Lipinski definition) is 0. The Balaban J connectivity index is 1.26. The third-order valence-corrected chi connectivity index (χ3v) is 9.92. The Hall–Kier alpha value is -6.38. The van der Waals surface area contributed by atoms with Gasteiger partial charge in [0.15, 0.2) is 0 Å². The molecule has 9 aromatic carbocycles. The highest BCUT2D eigenvalue weighted by atomic mass is 15.1. The van der Waals surface area contributed by atoms with Crippen molar-refractivity contribution < 1.29 is 0 Å². The topological polar surface area (TPSA) is 8.17 Å². The third kappa shape index (κ3) is 4.00. The highest BCUT2D eigenvalue weighted by Crippen LogP contribution is 2.43. The lowest BCUT2D eigenvalue weighted by atomic mass is 9.94. The van der Waals surface area contributed by atoms with Gasteiger partial charge < -0.3 is 9.47 Å². The fraction of sp³-hybridized carbons (Fsp3) is 0. The molecule has 0 saturated carbocycles. The van der Waals surface area contributed by atoms with E-state index in [9.17, 15) is 0 Å². The smallest absolute Gasteiger partial charge is 0.0562 e. The number of aromatic nitrogens is 1. The van der Waals surface area contributed by atoms with Crippen LogP contribution < -0.4 is 4.90 Å². The summed E-state index contributed by atoms with van der Waals surface area (Å²) in [7, 11) is 0. The molecule has 0 radical (unpaired) electrons. The number of rotatable bonds is 4. The molecular weight excluding hydrogens is 581 g/mol. The lowest BCUT2D eigenvalue weighted by molar-refractivity contribution is 1.19. The van der Waals surface area contributed by atoms with Gasteiger partial charge >= 0.3 is 0 Å². The largest absolute Gasteiger partial charge is 0.310 e. The Bertz CT molecular complexity index is 2800. The van der Waals surface area contributed by atoms with Gasteiger partial charge in [-0.15, -0.1) is 0 Å². The maximum Gasteiger partial charge on any atom is 0.0562 e. The van der Waals surface area contributed by atoms with Crippen LogP contribution in [0.3, 0.4) is 0 Å². The Morgan fingerprint density at radius 1 is 0.292 bits per heavy atom. The van der Waals surface area contributed by atoms with Gasteiger partial charge in [0.25, 0.3) is 0 Å². The lowest BCUT2D eigenvalue weighted by Gasteiger charge is -2.26. The molecule has 1 heterocycles. The van der Waals surface area contributed by atoms with E-state index in [-0.39, 0.29) is 0 Å². The molecule has 1 aromatic heterocycles. The van der Waals surface area contributed by atoms with Gasteiger partial charge in [-0.1, -0.05) is 133 Å². The SMILES string of the molecule is c1ccc(N(c2ccc3c4ccccc4c4ccccc4c3c2)c2ccc3c4ccccc4n(-c4cccc5ccccc45)c3c2)cc1. The molecule has 0 spiro atoms. The molecule has 0 aliphatic rings. The molecule has 0 bridgehead atoms. The van der Waals surface area contributed by atoms with E-state index >= 15 is 0 Å². The summed E-state index contributed by atoms with van der Waals surface area (Å²) in [6, 6.07) is 66.3. The second-order valence-electron chi connectivity index (χ2n) is 12.5. The quantitative estimate of drug-likeness (QED) is 0.180. The molecule has 10 rings (SSSR count). The summed E-state index contributed by atoms with van der Waals surface area (Å²) in [5, 5.41) is 12.6. The van der Waals surface area contributed by atoms with Crippen molar-refractivity contribution in [2.75, 3.05) is 4.90 Å². The van der Waals surface area contributed by atoms with Crippen LogP contribution in [0.4, 0.5) is 17.1 Å². The van der Waals surface area contributed by atoms with Crippen LogP contribution in [0.2, 0.25) is 0 Å². The number of fused-ring (bicyclic) bond motifs is 10. The normalized spacial score (nSPS) is 11.8. The second kappa shape index (κ2) is 10.6. The van der Waals surface area contributed by atoms with Gasteiger partial charge in [0.05, 0.1) is 16.7 Å². The van der Waals surface area contributed by atoms with Crippen LogP contribution in [0, 0.1) is 0 Å². The number of hydrogen-bond acceptors (Lipinski definition) is 1. The molecule has 10 aromatic rings. The summed E-state index contributed by atoms with van der Waals surface area (Å²) < 4.78 is 2.44. The maximum atomic E-state index is 2.44. The van der Waals surface area contributed by atoms with E-state index in [1.54, 1.807) is 0 Å². The monoisotopic (exact) mass is 610 g/mol. The van der Waals surface area contributed by atoms with E-state index in [2.05, 4.69) is 191 Å². The van der Waals surface area contributed by atoms with Crippen molar-refractivity contribution in [1.82, 2.24) is 4.57 Å². The van der Waals surface area contributed by atoms with Crippen LogP contribution in [-0.4, -0.2) is 4.57 Å². The standard InChI is InChI=1S/C46H30N2/c1-2-15-32(16-3-1)47(33-25-27-40-38-20-7-6-18-36(38)37-19-8-9-21-39(37)43(40)29-33)34-26-28-42-41-22-10-11-23-45(41)48(46(42)30-34)44-24-12-14-31-13-4-5-17-35(31)44/h1-30H. The summed E-state index contributed by atoms with van der Waals surface area (Å²) >= 11 is 0. The Labute approximate surface area is 278 Å². The minimum absolute atomic E-state index is 1.11. The summed E-state index contributed by atoms with van der Waals surface area (Å²) in [6.07, 6.45) is 0. The van der Waals surface area contributed by atoms with Crippen molar-refractivity contribution in [3.05, 3.63) is 182 Å². The maximum absolute atomic E-state index is 2.44. The molecule has 0 aliphatic heterocycles. The zero-order valence-corrected chi connectivity index (χ0v) is 26.2. The predicted octanol–water partition coefficient (Wildman–Crippen LogP) is 12.9. The zero-order chi connectivity index (χ0) is 31.6. The van der Waals surface area contributed by atoms with Crippen LogP contribution in [0.15, 0.2) is 182 Å². The fourth-order valence-corrected chi connectivity index (χ4v) is 7.82. The van der Waals surface area contributed by atoms with E-state index in [0.717, 1.165) is 17.1 Å². The first kappa shape index (κ1) is 26.8. The predicted molar refractivity (Wildman–Crippen MR) is 205 cm³/mol. The van der Waals surface area contributed by atoms with Crippen molar-refractivity contribution in [1.29, 1.82) is 0 Å². The Morgan fingerprint density at radius 3 is 1.52 bits per heavy atom. The van der Waals surface area contributed by atoms with Crippen LogP contribution in [0.25, 0.3) is 70.6 Å². The third-order valence-electron chi connectivity index (χ3n) is 9.92. The van der Waals surface area contributed by atoms with Gasteiger partial charge in [0.1, 0.15) is 0 Å². The first-order valence-electron chi connectivity index (χ1n) is 16.5. The molecule has 0 atom stereocenters. The number of para-hydroxylation sites is 2. The zero-order valence-electron chi connectivity index (χ0n) is 26.2. The van der Waals surface area contributed by atoms with Crippen molar-refractivity contribution in [2.45, 2.75) is 0 Å². The van der Waals surface area contributed by atoms with E-state index < -0.39 is 0 Å². The van der Waals surface area contributed by atoms with Crippen LogP contribution in [0.1, 0.15) is 0 Å². The number of benzene rings is 9. The van der Waals surface area contributed by atoms with Crippen LogP contribution in [-0.2, 0) is 0 Å².